The summed E-state index contributed by atoms with van der Waals surface area (Å²) in [5.41, 5.74) is 3.99. The molecule has 3 nitrogen and oxygen atoms in total. The van der Waals surface area contributed by atoms with Crippen LogP contribution in [0.25, 0.3) is 0 Å². The average molecular weight is 251 g/mol. The molecule has 0 fully saturated rings. The lowest BCUT2D eigenvalue weighted by atomic mass is 10.1. The second kappa shape index (κ2) is 7.57. The molecular formula is C15H29N3. The molecule has 0 aliphatic heterocycles. The number of rotatable bonds is 8. The van der Waals surface area contributed by atoms with Crippen LogP contribution in [-0.2, 0) is 13.0 Å². The average Bonchev–Trinajstić information content (AvgIpc) is 2.58. The summed E-state index contributed by atoms with van der Waals surface area (Å²) >= 11 is 0. The molecule has 1 heterocycles. The molecule has 1 aromatic heterocycles. The van der Waals surface area contributed by atoms with Crippen LogP contribution >= 0.6 is 0 Å². The molecule has 0 unspecified atom stereocenters. The Morgan fingerprint density at radius 3 is 2.44 bits per heavy atom. The van der Waals surface area contributed by atoms with Crippen LogP contribution in [0.2, 0.25) is 0 Å². The minimum Gasteiger partial charge on any atom is -0.315 e. The van der Waals surface area contributed by atoms with Gasteiger partial charge in [0.2, 0.25) is 0 Å². The highest BCUT2D eigenvalue weighted by molar-refractivity contribution is 5.24. The lowest BCUT2D eigenvalue weighted by Gasteiger charge is -2.08. The van der Waals surface area contributed by atoms with Gasteiger partial charge in [-0.2, -0.15) is 5.10 Å². The number of aromatic nitrogens is 2. The van der Waals surface area contributed by atoms with Gasteiger partial charge in [0.1, 0.15) is 0 Å². The molecule has 3 heteroatoms. The number of aryl methyl sites for hydroxylation is 2. The fourth-order valence-corrected chi connectivity index (χ4v) is 2.42. The molecule has 104 valence electrons. The first-order valence-corrected chi connectivity index (χ1v) is 7.32. The van der Waals surface area contributed by atoms with Crippen LogP contribution in [0.4, 0.5) is 0 Å². The Balaban J connectivity index is 2.27. The molecule has 0 amide bonds. The van der Waals surface area contributed by atoms with Crippen LogP contribution in [0, 0.1) is 13.8 Å². The standard InChI is InChI=1S/C15H29N3/c1-6-15-13(4)17-18(14(15)5)11-9-7-8-10-16-12(2)3/h12,16H,6-11H2,1-5H3. The minimum atomic E-state index is 0.605. The van der Waals surface area contributed by atoms with Crippen molar-refractivity contribution in [3.8, 4) is 0 Å². The highest BCUT2D eigenvalue weighted by Crippen LogP contribution is 2.14. The SMILES string of the molecule is CCc1c(C)nn(CCCCCNC(C)C)c1C. The molecule has 1 N–H and O–H groups in total. The van der Waals surface area contributed by atoms with Gasteiger partial charge in [0.25, 0.3) is 0 Å². The monoisotopic (exact) mass is 251 g/mol. The minimum absolute atomic E-state index is 0.605. The van der Waals surface area contributed by atoms with Crippen LogP contribution in [-0.4, -0.2) is 22.4 Å². The van der Waals surface area contributed by atoms with E-state index in [1.54, 1.807) is 0 Å². The van der Waals surface area contributed by atoms with Crippen molar-refractivity contribution in [1.82, 2.24) is 15.1 Å². The maximum Gasteiger partial charge on any atom is 0.0628 e. The van der Waals surface area contributed by atoms with Crippen molar-refractivity contribution in [2.45, 2.75) is 72.9 Å². The fraction of sp³-hybridized carbons (Fsp3) is 0.800. The van der Waals surface area contributed by atoms with E-state index in [2.05, 4.69) is 49.7 Å². The molecule has 0 saturated heterocycles. The van der Waals surface area contributed by atoms with E-state index in [4.69, 9.17) is 0 Å². The van der Waals surface area contributed by atoms with E-state index >= 15 is 0 Å². The lowest BCUT2D eigenvalue weighted by molar-refractivity contribution is 0.505. The van der Waals surface area contributed by atoms with Gasteiger partial charge in [-0.15, -0.1) is 0 Å². The van der Waals surface area contributed by atoms with Gasteiger partial charge in [-0.1, -0.05) is 27.2 Å². The van der Waals surface area contributed by atoms with E-state index < -0.39 is 0 Å². The van der Waals surface area contributed by atoms with Gasteiger partial charge in [0.05, 0.1) is 5.69 Å². The largest absolute Gasteiger partial charge is 0.315 e. The molecule has 0 aliphatic carbocycles. The van der Waals surface area contributed by atoms with Crippen LogP contribution in [0.3, 0.4) is 0 Å². The molecular weight excluding hydrogens is 222 g/mol. The smallest absolute Gasteiger partial charge is 0.0628 e. The number of unbranched alkanes of at least 4 members (excludes halogenated alkanes) is 2. The zero-order valence-corrected chi connectivity index (χ0v) is 12.7. The molecule has 0 spiro atoms. The molecule has 1 aromatic rings. The second-order valence-corrected chi connectivity index (χ2v) is 5.40. The summed E-state index contributed by atoms with van der Waals surface area (Å²) in [4.78, 5) is 0. The Kier molecular flexibility index (Phi) is 6.41. The Morgan fingerprint density at radius 1 is 1.17 bits per heavy atom. The molecule has 0 radical (unpaired) electrons. The summed E-state index contributed by atoms with van der Waals surface area (Å²) in [6, 6.07) is 0.605. The maximum atomic E-state index is 4.63. The topological polar surface area (TPSA) is 29.9 Å². The number of nitrogens with zero attached hydrogens (tertiary/aromatic N) is 2. The van der Waals surface area contributed by atoms with Crippen LogP contribution in [0.5, 0.6) is 0 Å². The summed E-state index contributed by atoms with van der Waals surface area (Å²) in [6.45, 7) is 13.1. The van der Waals surface area contributed by atoms with Crippen molar-refractivity contribution in [3.05, 3.63) is 17.0 Å². The van der Waals surface area contributed by atoms with Crippen LogP contribution in [0.1, 0.15) is 57.0 Å². The normalized spacial score (nSPS) is 11.4. The summed E-state index contributed by atoms with van der Waals surface area (Å²) in [5.74, 6) is 0. The zero-order chi connectivity index (χ0) is 13.5. The summed E-state index contributed by atoms with van der Waals surface area (Å²) < 4.78 is 2.18. The second-order valence-electron chi connectivity index (χ2n) is 5.40. The number of hydrogen-bond acceptors (Lipinski definition) is 2. The summed E-state index contributed by atoms with van der Waals surface area (Å²) in [7, 11) is 0. The van der Waals surface area contributed by atoms with Crippen molar-refractivity contribution < 1.29 is 0 Å². The third-order valence-corrected chi connectivity index (χ3v) is 3.48. The predicted octanol–water partition coefficient (Wildman–Crippen LogP) is 3.23. The van der Waals surface area contributed by atoms with Crippen molar-refractivity contribution >= 4 is 0 Å². The zero-order valence-electron chi connectivity index (χ0n) is 12.7. The summed E-state index contributed by atoms with van der Waals surface area (Å²) in [6.07, 6.45) is 4.86. The number of hydrogen-bond donors (Lipinski definition) is 1. The van der Waals surface area contributed by atoms with E-state index in [-0.39, 0.29) is 0 Å². The lowest BCUT2D eigenvalue weighted by Crippen LogP contribution is -2.23. The van der Waals surface area contributed by atoms with Crippen molar-refractivity contribution in [2.24, 2.45) is 0 Å². The maximum absolute atomic E-state index is 4.63. The first-order chi connectivity index (χ1) is 8.56. The summed E-state index contributed by atoms with van der Waals surface area (Å²) in [5, 5.41) is 8.08. The predicted molar refractivity (Wildman–Crippen MR) is 78.1 cm³/mol. The highest BCUT2D eigenvalue weighted by Gasteiger charge is 2.08. The quantitative estimate of drug-likeness (QED) is 0.719. The van der Waals surface area contributed by atoms with Gasteiger partial charge in [-0.3, -0.25) is 4.68 Å². The molecule has 0 atom stereocenters. The first kappa shape index (κ1) is 15.2. The molecule has 0 aliphatic rings. The van der Waals surface area contributed by atoms with E-state index in [1.807, 2.05) is 0 Å². The van der Waals surface area contributed by atoms with Crippen molar-refractivity contribution in [3.63, 3.8) is 0 Å². The number of nitrogens with one attached hydrogen (secondary N) is 1. The Hall–Kier alpha value is -0.830. The molecule has 0 saturated carbocycles. The van der Waals surface area contributed by atoms with E-state index in [1.165, 1.54) is 36.2 Å². The Morgan fingerprint density at radius 2 is 1.89 bits per heavy atom. The molecule has 18 heavy (non-hydrogen) atoms. The van der Waals surface area contributed by atoms with Crippen LogP contribution in [0.15, 0.2) is 0 Å². The van der Waals surface area contributed by atoms with E-state index in [0.29, 0.717) is 6.04 Å². The van der Waals surface area contributed by atoms with Gasteiger partial charge in [0, 0.05) is 18.3 Å². The van der Waals surface area contributed by atoms with Gasteiger partial charge in [0.15, 0.2) is 0 Å². The van der Waals surface area contributed by atoms with Crippen molar-refractivity contribution in [1.29, 1.82) is 0 Å². The van der Waals surface area contributed by atoms with Gasteiger partial charge in [-0.05, 0) is 45.2 Å². The Labute approximate surface area is 112 Å². The van der Waals surface area contributed by atoms with Crippen LogP contribution < -0.4 is 5.32 Å². The van der Waals surface area contributed by atoms with E-state index in [0.717, 1.165) is 19.5 Å². The van der Waals surface area contributed by atoms with E-state index in [9.17, 15) is 0 Å². The van der Waals surface area contributed by atoms with Gasteiger partial charge in [-0.25, -0.2) is 0 Å². The fourth-order valence-electron chi connectivity index (χ4n) is 2.42. The third-order valence-electron chi connectivity index (χ3n) is 3.48. The first-order valence-electron chi connectivity index (χ1n) is 7.32. The molecule has 0 aromatic carbocycles. The van der Waals surface area contributed by atoms with Crippen molar-refractivity contribution in [2.75, 3.05) is 6.54 Å². The Bertz CT molecular complexity index is 353. The highest BCUT2D eigenvalue weighted by atomic mass is 15.3. The third kappa shape index (κ3) is 4.45. The molecule has 1 rings (SSSR count). The molecule has 0 bridgehead atoms. The van der Waals surface area contributed by atoms with Gasteiger partial charge >= 0.3 is 0 Å². The van der Waals surface area contributed by atoms with Gasteiger partial charge < -0.3 is 5.32 Å².